The molecule has 1 N–H and O–H groups in total. The van der Waals surface area contributed by atoms with Crippen LogP contribution in [0.4, 0.5) is 0 Å². The first kappa shape index (κ1) is 23.5. The Kier molecular flexibility index (Phi) is 9.62. The smallest absolute Gasteiger partial charge is 0.222 e. The van der Waals surface area contributed by atoms with Crippen LogP contribution in [0, 0.1) is 0 Å². The minimum Gasteiger partial charge on any atom is -0.385 e. The molecular weight excluding hydrogens is 392 g/mol. The SMILES string of the molecule is CCNC(=NCc1ccc(CN2CCCC2=O)cc1)N1CCC(OCCCOC)CC1. The van der Waals surface area contributed by atoms with Crippen LogP contribution in [-0.2, 0) is 27.4 Å². The molecule has 172 valence electrons. The Balaban J connectivity index is 1.47. The fourth-order valence-corrected chi connectivity index (χ4v) is 4.12. The number of ether oxygens (including phenoxy) is 2. The van der Waals surface area contributed by atoms with Gasteiger partial charge >= 0.3 is 0 Å². The van der Waals surface area contributed by atoms with Crippen LogP contribution in [-0.4, -0.2) is 74.3 Å². The van der Waals surface area contributed by atoms with Gasteiger partial charge in [-0.15, -0.1) is 0 Å². The molecule has 3 rings (SSSR count). The largest absolute Gasteiger partial charge is 0.385 e. The Hall–Kier alpha value is -2.12. The molecular formula is C24H38N4O3. The van der Waals surface area contributed by atoms with Crippen molar-refractivity contribution in [3.05, 3.63) is 35.4 Å². The van der Waals surface area contributed by atoms with Crippen molar-refractivity contribution >= 4 is 11.9 Å². The van der Waals surface area contributed by atoms with Gasteiger partial charge in [-0.05, 0) is 43.7 Å². The summed E-state index contributed by atoms with van der Waals surface area (Å²) in [4.78, 5) is 21.0. The third-order valence-electron chi connectivity index (χ3n) is 5.90. The first-order valence-electron chi connectivity index (χ1n) is 11.7. The number of amides is 1. The Bertz CT molecular complexity index is 699. The summed E-state index contributed by atoms with van der Waals surface area (Å²) in [5.74, 6) is 1.25. The molecule has 0 atom stereocenters. The summed E-state index contributed by atoms with van der Waals surface area (Å²) in [5, 5.41) is 3.44. The fraction of sp³-hybridized carbons (Fsp3) is 0.667. The van der Waals surface area contributed by atoms with E-state index in [0.717, 1.165) is 71.0 Å². The topological polar surface area (TPSA) is 66.4 Å². The molecule has 0 saturated carbocycles. The lowest BCUT2D eigenvalue weighted by Crippen LogP contribution is -2.47. The minimum absolute atomic E-state index is 0.271. The van der Waals surface area contributed by atoms with Crippen molar-refractivity contribution in [1.82, 2.24) is 15.1 Å². The Morgan fingerprint density at radius 1 is 1.13 bits per heavy atom. The highest BCUT2D eigenvalue weighted by molar-refractivity contribution is 5.80. The number of carbonyl (C=O) groups excluding carboxylic acids is 1. The zero-order valence-electron chi connectivity index (χ0n) is 19.1. The van der Waals surface area contributed by atoms with Gasteiger partial charge in [0.1, 0.15) is 0 Å². The van der Waals surface area contributed by atoms with Gasteiger partial charge in [0, 0.05) is 59.5 Å². The minimum atomic E-state index is 0.271. The number of carbonyl (C=O) groups is 1. The zero-order valence-corrected chi connectivity index (χ0v) is 19.1. The van der Waals surface area contributed by atoms with Crippen LogP contribution in [0.1, 0.15) is 50.2 Å². The fourth-order valence-electron chi connectivity index (χ4n) is 4.12. The van der Waals surface area contributed by atoms with Crippen LogP contribution < -0.4 is 5.32 Å². The second-order valence-electron chi connectivity index (χ2n) is 8.31. The Morgan fingerprint density at radius 3 is 2.52 bits per heavy atom. The third kappa shape index (κ3) is 7.51. The summed E-state index contributed by atoms with van der Waals surface area (Å²) < 4.78 is 11.1. The maximum Gasteiger partial charge on any atom is 0.222 e. The maximum atomic E-state index is 11.8. The summed E-state index contributed by atoms with van der Waals surface area (Å²) >= 11 is 0. The lowest BCUT2D eigenvalue weighted by Gasteiger charge is -2.34. The highest BCUT2D eigenvalue weighted by atomic mass is 16.5. The Morgan fingerprint density at radius 2 is 1.87 bits per heavy atom. The summed E-state index contributed by atoms with van der Waals surface area (Å²) in [5.41, 5.74) is 2.37. The third-order valence-corrected chi connectivity index (χ3v) is 5.90. The molecule has 2 aliphatic rings. The molecule has 7 heteroatoms. The van der Waals surface area contributed by atoms with Gasteiger partial charge in [0.15, 0.2) is 5.96 Å². The number of nitrogens with zero attached hydrogens (tertiary/aromatic N) is 3. The van der Waals surface area contributed by atoms with E-state index in [-0.39, 0.29) is 5.91 Å². The molecule has 0 aliphatic carbocycles. The number of benzene rings is 1. The van der Waals surface area contributed by atoms with Crippen LogP contribution in [0.15, 0.2) is 29.3 Å². The lowest BCUT2D eigenvalue weighted by atomic mass is 10.1. The van der Waals surface area contributed by atoms with Crippen LogP contribution in [0.2, 0.25) is 0 Å². The number of hydrogen-bond donors (Lipinski definition) is 1. The van der Waals surface area contributed by atoms with Crippen molar-refractivity contribution in [3.8, 4) is 0 Å². The molecule has 2 fully saturated rings. The molecule has 1 aromatic carbocycles. The van der Waals surface area contributed by atoms with Crippen molar-refractivity contribution < 1.29 is 14.3 Å². The molecule has 1 aromatic rings. The normalized spacial score (nSPS) is 18.1. The van der Waals surface area contributed by atoms with Gasteiger partial charge in [-0.25, -0.2) is 4.99 Å². The number of piperidine rings is 1. The molecule has 0 unspecified atom stereocenters. The summed E-state index contributed by atoms with van der Waals surface area (Å²) in [7, 11) is 1.73. The van der Waals surface area contributed by atoms with Gasteiger partial charge in [-0.2, -0.15) is 0 Å². The van der Waals surface area contributed by atoms with E-state index in [1.165, 1.54) is 11.1 Å². The Labute approximate surface area is 186 Å². The van der Waals surface area contributed by atoms with Crippen molar-refractivity contribution in [3.63, 3.8) is 0 Å². The molecule has 7 nitrogen and oxygen atoms in total. The number of likely N-dealkylation sites (tertiary alicyclic amines) is 2. The van der Waals surface area contributed by atoms with Crippen molar-refractivity contribution in [2.24, 2.45) is 4.99 Å². The van der Waals surface area contributed by atoms with E-state index in [4.69, 9.17) is 14.5 Å². The predicted molar refractivity (Wildman–Crippen MR) is 123 cm³/mol. The first-order chi connectivity index (χ1) is 15.2. The zero-order chi connectivity index (χ0) is 21.9. The molecule has 1 amide bonds. The average Bonchev–Trinajstić information content (AvgIpc) is 3.20. The van der Waals surface area contributed by atoms with Crippen LogP contribution >= 0.6 is 0 Å². The van der Waals surface area contributed by atoms with Gasteiger partial charge in [-0.1, -0.05) is 24.3 Å². The van der Waals surface area contributed by atoms with E-state index in [2.05, 4.69) is 41.4 Å². The van der Waals surface area contributed by atoms with Crippen LogP contribution in [0.3, 0.4) is 0 Å². The summed E-state index contributed by atoms with van der Waals surface area (Å²) in [6.45, 7) is 8.66. The van der Waals surface area contributed by atoms with E-state index in [1.807, 2.05) is 4.90 Å². The van der Waals surface area contributed by atoms with Gasteiger partial charge in [0.05, 0.1) is 12.6 Å². The van der Waals surface area contributed by atoms with Crippen LogP contribution in [0.25, 0.3) is 0 Å². The number of nitrogens with one attached hydrogen (secondary N) is 1. The molecule has 31 heavy (non-hydrogen) atoms. The molecule has 0 bridgehead atoms. The van der Waals surface area contributed by atoms with Crippen molar-refractivity contribution in [1.29, 1.82) is 0 Å². The van der Waals surface area contributed by atoms with Crippen molar-refractivity contribution in [2.75, 3.05) is 46.5 Å². The lowest BCUT2D eigenvalue weighted by molar-refractivity contribution is -0.128. The number of hydrogen-bond acceptors (Lipinski definition) is 4. The number of methoxy groups -OCH3 is 1. The standard InChI is InChI=1S/C24H38N4O3/c1-3-25-24(27-14-11-22(12-15-27)31-17-5-16-30-2)26-18-20-7-9-21(10-8-20)19-28-13-4-6-23(28)29/h7-10,22H,3-6,11-19H2,1-2H3,(H,25,26). The van der Waals surface area contributed by atoms with Gasteiger partial charge < -0.3 is 24.6 Å². The monoisotopic (exact) mass is 430 g/mol. The highest BCUT2D eigenvalue weighted by Crippen LogP contribution is 2.16. The number of aliphatic imine (C=N–C) groups is 1. The molecule has 2 aliphatic heterocycles. The second-order valence-corrected chi connectivity index (χ2v) is 8.31. The van der Waals surface area contributed by atoms with E-state index in [1.54, 1.807) is 7.11 Å². The van der Waals surface area contributed by atoms with Crippen LogP contribution in [0.5, 0.6) is 0 Å². The highest BCUT2D eigenvalue weighted by Gasteiger charge is 2.22. The maximum absolute atomic E-state index is 11.8. The molecule has 2 heterocycles. The van der Waals surface area contributed by atoms with E-state index in [0.29, 0.717) is 25.6 Å². The molecule has 0 radical (unpaired) electrons. The predicted octanol–water partition coefficient (Wildman–Crippen LogP) is 2.79. The van der Waals surface area contributed by atoms with Gasteiger partial charge in [-0.3, -0.25) is 4.79 Å². The number of rotatable bonds is 10. The molecule has 0 spiro atoms. The quantitative estimate of drug-likeness (QED) is 0.351. The molecule has 0 aromatic heterocycles. The average molecular weight is 431 g/mol. The number of guanidine groups is 1. The molecule has 2 saturated heterocycles. The van der Waals surface area contributed by atoms with Crippen molar-refractivity contribution in [2.45, 2.75) is 58.2 Å². The summed E-state index contributed by atoms with van der Waals surface area (Å²) in [6, 6.07) is 8.50. The summed E-state index contributed by atoms with van der Waals surface area (Å²) in [6.07, 6.45) is 5.02. The van der Waals surface area contributed by atoms with Gasteiger partial charge in [0.2, 0.25) is 5.91 Å². The van der Waals surface area contributed by atoms with E-state index in [9.17, 15) is 4.79 Å². The first-order valence-corrected chi connectivity index (χ1v) is 11.7. The van der Waals surface area contributed by atoms with Gasteiger partial charge in [0.25, 0.3) is 0 Å². The van der Waals surface area contributed by atoms with E-state index < -0.39 is 0 Å². The second kappa shape index (κ2) is 12.7. The van der Waals surface area contributed by atoms with E-state index >= 15 is 0 Å².